The fourth-order valence-electron chi connectivity index (χ4n) is 1.27. The average molecular weight is 325 g/mol. The van der Waals surface area contributed by atoms with Crippen molar-refractivity contribution in [3.8, 4) is 0 Å². The summed E-state index contributed by atoms with van der Waals surface area (Å²) < 4.78 is 13.7. The van der Waals surface area contributed by atoms with Crippen LogP contribution in [0, 0.1) is 5.95 Å². The van der Waals surface area contributed by atoms with Crippen molar-refractivity contribution < 1.29 is 9.18 Å². The van der Waals surface area contributed by atoms with Gasteiger partial charge >= 0.3 is 0 Å². The molecule has 0 aliphatic rings. The Morgan fingerprint density at radius 1 is 1.16 bits per heavy atom. The van der Waals surface area contributed by atoms with E-state index in [4.69, 9.17) is 0 Å². The third-order valence-corrected chi connectivity index (χ3v) is 2.59. The van der Waals surface area contributed by atoms with Crippen molar-refractivity contribution in [1.82, 2.24) is 4.98 Å². The monoisotopic (exact) mass is 324 g/mol. The Hall–Kier alpha value is -1.75. The maximum Gasteiger partial charge on any atom is 0.256 e. The van der Waals surface area contributed by atoms with Crippen molar-refractivity contribution in [2.45, 2.75) is 13.8 Å². The van der Waals surface area contributed by atoms with Gasteiger partial charge in [-0.25, -0.2) is 4.98 Å². The van der Waals surface area contributed by atoms with E-state index in [-0.39, 0.29) is 11.7 Å². The van der Waals surface area contributed by atoms with Crippen LogP contribution in [0.25, 0.3) is 0 Å². The molecule has 1 amide bonds. The molecule has 1 heterocycles. The molecule has 2 aromatic rings. The van der Waals surface area contributed by atoms with Crippen LogP contribution in [0.4, 0.5) is 10.2 Å². The lowest BCUT2D eigenvalue weighted by Gasteiger charge is -2.04. The van der Waals surface area contributed by atoms with Crippen molar-refractivity contribution in [3.63, 3.8) is 0 Å². The lowest BCUT2D eigenvalue weighted by atomic mass is 10.2. The Morgan fingerprint density at radius 3 is 2.37 bits per heavy atom. The lowest BCUT2D eigenvalue weighted by Crippen LogP contribution is -2.13. The predicted molar refractivity (Wildman–Crippen MR) is 77.6 cm³/mol. The molecular formula is C14H14BrFN2O. The van der Waals surface area contributed by atoms with Crippen LogP contribution in [0.1, 0.15) is 24.2 Å². The SMILES string of the molecule is CC.O=C(Nc1cccc(F)n1)c1ccc(Br)cc1. The molecule has 0 aliphatic heterocycles. The Bertz CT molecular complexity index is 543. The summed E-state index contributed by atoms with van der Waals surface area (Å²) in [5.74, 6) is -0.757. The molecular weight excluding hydrogens is 311 g/mol. The number of nitrogens with zero attached hydrogens (tertiary/aromatic N) is 1. The van der Waals surface area contributed by atoms with Crippen molar-refractivity contribution >= 4 is 27.7 Å². The molecule has 1 N–H and O–H groups in total. The fourth-order valence-corrected chi connectivity index (χ4v) is 1.53. The van der Waals surface area contributed by atoms with Gasteiger partial charge in [-0.1, -0.05) is 35.8 Å². The van der Waals surface area contributed by atoms with E-state index in [1.54, 1.807) is 24.3 Å². The Kier molecular flexibility index (Phi) is 6.15. The van der Waals surface area contributed by atoms with Crippen LogP contribution < -0.4 is 5.32 Å². The van der Waals surface area contributed by atoms with Gasteiger partial charge in [-0.3, -0.25) is 4.79 Å². The van der Waals surface area contributed by atoms with E-state index in [9.17, 15) is 9.18 Å². The number of rotatable bonds is 2. The predicted octanol–water partition coefficient (Wildman–Crippen LogP) is 4.26. The van der Waals surface area contributed by atoms with Crippen LogP contribution in [-0.2, 0) is 0 Å². The molecule has 1 aromatic heterocycles. The summed E-state index contributed by atoms with van der Waals surface area (Å²) >= 11 is 3.28. The zero-order valence-corrected chi connectivity index (χ0v) is 12.2. The molecule has 0 saturated heterocycles. The van der Waals surface area contributed by atoms with Gasteiger partial charge in [-0.2, -0.15) is 4.39 Å². The third-order valence-electron chi connectivity index (χ3n) is 2.06. The van der Waals surface area contributed by atoms with Gasteiger partial charge in [0.2, 0.25) is 5.95 Å². The van der Waals surface area contributed by atoms with E-state index in [0.29, 0.717) is 5.56 Å². The standard InChI is InChI=1S/C12H8BrFN2O.C2H6/c13-9-6-4-8(5-7-9)12(17)16-11-3-1-2-10(14)15-11;1-2/h1-7H,(H,15,16,17);1-2H3. The fraction of sp³-hybridized carbons (Fsp3) is 0.143. The summed E-state index contributed by atoms with van der Waals surface area (Å²) in [7, 11) is 0. The van der Waals surface area contributed by atoms with Crippen LogP contribution in [0.3, 0.4) is 0 Å². The quantitative estimate of drug-likeness (QED) is 0.838. The number of halogens is 2. The molecule has 0 saturated carbocycles. The van der Waals surface area contributed by atoms with E-state index >= 15 is 0 Å². The van der Waals surface area contributed by atoms with E-state index in [0.717, 1.165) is 4.47 Å². The van der Waals surface area contributed by atoms with Gasteiger partial charge in [-0.05, 0) is 36.4 Å². The minimum Gasteiger partial charge on any atom is -0.306 e. The second kappa shape index (κ2) is 7.63. The highest BCUT2D eigenvalue weighted by Gasteiger charge is 2.06. The highest BCUT2D eigenvalue weighted by molar-refractivity contribution is 9.10. The molecule has 0 bridgehead atoms. The molecule has 3 nitrogen and oxygen atoms in total. The molecule has 0 radical (unpaired) electrons. The Morgan fingerprint density at radius 2 is 1.79 bits per heavy atom. The average Bonchev–Trinajstić information content (AvgIpc) is 2.41. The summed E-state index contributed by atoms with van der Waals surface area (Å²) in [4.78, 5) is 15.3. The topological polar surface area (TPSA) is 42.0 Å². The highest BCUT2D eigenvalue weighted by atomic mass is 79.9. The molecule has 0 spiro atoms. The number of nitrogens with one attached hydrogen (secondary N) is 1. The number of benzene rings is 1. The van der Waals surface area contributed by atoms with E-state index < -0.39 is 5.95 Å². The number of carbonyl (C=O) groups excluding carboxylic acids is 1. The molecule has 100 valence electrons. The summed E-state index contributed by atoms with van der Waals surface area (Å²) in [5.41, 5.74) is 0.485. The van der Waals surface area contributed by atoms with Gasteiger partial charge in [-0.15, -0.1) is 0 Å². The summed E-state index contributed by atoms with van der Waals surface area (Å²) in [6.45, 7) is 4.00. The number of hydrogen-bond acceptors (Lipinski definition) is 2. The van der Waals surface area contributed by atoms with Gasteiger partial charge in [0.25, 0.3) is 5.91 Å². The molecule has 0 unspecified atom stereocenters. The minimum atomic E-state index is -0.626. The van der Waals surface area contributed by atoms with Gasteiger partial charge < -0.3 is 5.32 Å². The first-order valence-corrected chi connectivity index (χ1v) is 6.64. The zero-order valence-electron chi connectivity index (χ0n) is 10.7. The van der Waals surface area contributed by atoms with E-state index in [2.05, 4.69) is 26.2 Å². The first-order valence-electron chi connectivity index (χ1n) is 5.84. The van der Waals surface area contributed by atoms with Gasteiger partial charge in [0, 0.05) is 10.0 Å². The van der Waals surface area contributed by atoms with Crippen LogP contribution >= 0.6 is 15.9 Å². The summed E-state index contributed by atoms with van der Waals surface area (Å²) in [6.07, 6.45) is 0. The normalized spacial score (nSPS) is 9.26. The lowest BCUT2D eigenvalue weighted by molar-refractivity contribution is 0.102. The van der Waals surface area contributed by atoms with Crippen molar-refractivity contribution in [2.24, 2.45) is 0 Å². The number of amides is 1. The first-order chi connectivity index (χ1) is 9.15. The molecule has 0 atom stereocenters. The molecule has 0 fully saturated rings. The largest absolute Gasteiger partial charge is 0.306 e. The number of carbonyl (C=O) groups is 1. The molecule has 19 heavy (non-hydrogen) atoms. The number of pyridine rings is 1. The molecule has 1 aromatic carbocycles. The summed E-state index contributed by atoms with van der Waals surface area (Å²) in [5, 5.41) is 2.51. The smallest absolute Gasteiger partial charge is 0.256 e. The van der Waals surface area contributed by atoms with Gasteiger partial charge in [0.05, 0.1) is 0 Å². The van der Waals surface area contributed by atoms with Crippen LogP contribution in [0.15, 0.2) is 46.9 Å². The Labute approximate surface area is 120 Å². The molecule has 0 aliphatic carbocycles. The van der Waals surface area contributed by atoms with Gasteiger partial charge in [0.1, 0.15) is 5.82 Å². The minimum absolute atomic E-state index is 0.193. The maximum absolute atomic E-state index is 12.8. The van der Waals surface area contributed by atoms with Crippen molar-refractivity contribution in [3.05, 3.63) is 58.4 Å². The maximum atomic E-state index is 12.8. The first kappa shape index (κ1) is 15.3. The van der Waals surface area contributed by atoms with Crippen molar-refractivity contribution in [2.75, 3.05) is 5.32 Å². The van der Waals surface area contributed by atoms with Crippen LogP contribution in [0.2, 0.25) is 0 Å². The van der Waals surface area contributed by atoms with Gasteiger partial charge in [0.15, 0.2) is 0 Å². The molecule has 5 heteroatoms. The number of anilines is 1. The Balaban J connectivity index is 0.000000861. The summed E-state index contributed by atoms with van der Waals surface area (Å²) in [6, 6.07) is 11.1. The second-order valence-electron chi connectivity index (χ2n) is 3.31. The van der Waals surface area contributed by atoms with Crippen molar-refractivity contribution in [1.29, 1.82) is 0 Å². The third kappa shape index (κ3) is 4.79. The van der Waals surface area contributed by atoms with E-state index in [1.165, 1.54) is 18.2 Å². The molecule has 2 rings (SSSR count). The zero-order chi connectivity index (χ0) is 14.3. The highest BCUT2D eigenvalue weighted by Crippen LogP contribution is 2.12. The van der Waals surface area contributed by atoms with Crippen LogP contribution in [0.5, 0.6) is 0 Å². The van der Waals surface area contributed by atoms with E-state index in [1.807, 2.05) is 13.8 Å². The second-order valence-corrected chi connectivity index (χ2v) is 4.22. The number of aromatic nitrogens is 1. The van der Waals surface area contributed by atoms with Crippen LogP contribution in [-0.4, -0.2) is 10.9 Å². The number of hydrogen-bond donors (Lipinski definition) is 1.